The molecule has 0 aliphatic carbocycles. The number of hydrazine groups is 1. The molecule has 1 aromatic rings. The maximum absolute atomic E-state index is 12.4. The van der Waals surface area contributed by atoms with Crippen LogP contribution in [0.4, 0.5) is 4.79 Å². The highest BCUT2D eigenvalue weighted by Gasteiger charge is 2.28. The second-order valence-corrected chi connectivity index (χ2v) is 6.16. The van der Waals surface area contributed by atoms with Crippen molar-refractivity contribution in [2.45, 2.75) is 32.7 Å². The van der Waals surface area contributed by atoms with E-state index in [-0.39, 0.29) is 30.2 Å². The number of urea groups is 1. The Morgan fingerprint density at radius 2 is 1.96 bits per heavy atom. The molecule has 1 saturated heterocycles. The Labute approximate surface area is 141 Å². The molecule has 0 saturated carbocycles. The van der Waals surface area contributed by atoms with Crippen LogP contribution in [0.1, 0.15) is 25.8 Å². The SMILES string of the molecule is CC(C)[C@@H](NC(=O)Cc1ccccc1)C(=O)NN1CCCNC1=O. The fourth-order valence-corrected chi connectivity index (χ4v) is 2.48. The molecule has 0 radical (unpaired) electrons. The summed E-state index contributed by atoms with van der Waals surface area (Å²) >= 11 is 0. The molecule has 2 rings (SSSR count). The van der Waals surface area contributed by atoms with Gasteiger partial charge in [-0.1, -0.05) is 44.2 Å². The van der Waals surface area contributed by atoms with E-state index in [1.54, 1.807) is 0 Å². The standard InChI is InChI=1S/C17H24N4O3/c1-12(2)15(16(23)20-21-10-6-9-18-17(21)24)19-14(22)11-13-7-4-3-5-8-13/h3-5,7-8,12,15H,6,9-11H2,1-2H3,(H,18,24)(H,19,22)(H,20,23)/t15-/m1/s1. The lowest BCUT2D eigenvalue weighted by atomic mass is 10.0. The van der Waals surface area contributed by atoms with E-state index < -0.39 is 6.04 Å². The molecular weight excluding hydrogens is 308 g/mol. The van der Waals surface area contributed by atoms with Gasteiger partial charge in [0.25, 0.3) is 5.91 Å². The number of carbonyl (C=O) groups excluding carboxylic acids is 3. The molecule has 0 bridgehead atoms. The summed E-state index contributed by atoms with van der Waals surface area (Å²) in [6.07, 6.45) is 0.972. The largest absolute Gasteiger partial charge is 0.344 e. The molecule has 1 heterocycles. The average molecular weight is 332 g/mol. The third kappa shape index (κ3) is 4.97. The van der Waals surface area contributed by atoms with Crippen LogP contribution in [0.25, 0.3) is 0 Å². The summed E-state index contributed by atoms with van der Waals surface area (Å²) in [5.41, 5.74) is 3.47. The van der Waals surface area contributed by atoms with Gasteiger partial charge in [0.1, 0.15) is 6.04 Å². The molecule has 3 N–H and O–H groups in total. The molecule has 0 unspecified atom stereocenters. The molecule has 4 amide bonds. The molecule has 1 atom stereocenters. The highest BCUT2D eigenvalue weighted by atomic mass is 16.2. The summed E-state index contributed by atoms with van der Waals surface area (Å²) in [6, 6.07) is 8.32. The van der Waals surface area contributed by atoms with Crippen LogP contribution >= 0.6 is 0 Å². The number of amides is 4. The lowest BCUT2D eigenvalue weighted by molar-refractivity contribution is -0.132. The number of rotatable bonds is 6. The molecule has 1 aliphatic heterocycles. The zero-order chi connectivity index (χ0) is 17.5. The number of hydrogen-bond donors (Lipinski definition) is 3. The van der Waals surface area contributed by atoms with Crippen molar-refractivity contribution in [2.75, 3.05) is 13.1 Å². The number of benzene rings is 1. The van der Waals surface area contributed by atoms with Crippen LogP contribution in [-0.2, 0) is 16.0 Å². The average Bonchev–Trinajstić information content (AvgIpc) is 2.55. The first-order valence-electron chi connectivity index (χ1n) is 8.16. The molecule has 0 spiro atoms. The maximum Gasteiger partial charge on any atom is 0.336 e. The molecule has 1 aromatic carbocycles. The molecule has 0 aromatic heterocycles. The third-order valence-electron chi connectivity index (χ3n) is 3.80. The summed E-state index contributed by atoms with van der Waals surface area (Å²) in [6.45, 7) is 4.76. The van der Waals surface area contributed by atoms with Crippen molar-refractivity contribution < 1.29 is 14.4 Å². The summed E-state index contributed by atoms with van der Waals surface area (Å²) in [5, 5.41) is 6.68. The van der Waals surface area contributed by atoms with Gasteiger partial charge in [0.05, 0.1) is 6.42 Å². The number of nitrogens with zero attached hydrogens (tertiary/aromatic N) is 1. The van der Waals surface area contributed by atoms with E-state index >= 15 is 0 Å². The Balaban J connectivity index is 1.94. The van der Waals surface area contributed by atoms with Gasteiger partial charge in [-0.05, 0) is 17.9 Å². The highest BCUT2D eigenvalue weighted by molar-refractivity contribution is 5.89. The van der Waals surface area contributed by atoms with E-state index in [2.05, 4.69) is 16.1 Å². The van der Waals surface area contributed by atoms with E-state index in [9.17, 15) is 14.4 Å². The van der Waals surface area contributed by atoms with Crippen molar-refractivity contribution >= 4 is 17.8 Å². The van der Waals surface area contributed by atoms with Crippen molar-refractivity contribution in [3.63, 3.8) is 0 Å². The predicted octanol–water partition coefficient (Wildman–Crippen LogP) is 0.816. The van der Waals surface area contributed by atoms with Crippen LogP contribution in [0.3, 0.4) is 0 Å². The number of carbonyl (C=O) groups is 3. The van der Waals surface area contributed by atoms with E-state index in [0.717, 1.165) is 12.0 Å². The molecule has 1 fully saturated rings. The molecule has 1 aliphatic rings. The second kappa shape index (κ2) is 8.33. The lowest BCUT2D eigenvalue weighted by Crippen LogP contribution is -2.59. The van der Waals surface area contributed by atoms with Crippen molar-refractivity contribution in [1.82, 2.24) is 21.1 Å². The van der Waals surface area contributed by atoms with Gasteiger partial charge in [-0.15, -0.1) is 0 Å². The second-order valence-electron chi connectivity index (χ2n) is 6.16. The van der Waals surface area contributed by atoms with Crippen LogP contribution in [0.5, 0.6) is 0 Å². The molecule has 7 heteroatoms. The first-order chi connectivity index (χ1) is 11.5. The quantitative estimate of drug-likeness (QED) is 0.720. The fourth-order valence-electron chi connectivity index (χ4n) is 2.48. The Kier molecular flexibility index (Phi) is 6.17. The highest BCUT2D eigenvalue weighted by Crippen LogP contribution is 2.06. The van der Waals surface area contributed by atoms with Crippen molar-refractivity contribution in [1.29, 1.82) is 0 Å². The molecule has 24 heavy (non-hydrogen) atoms. The smallest absolute Gasteiger partial charge is 0.336 e. The Hall–Kier alpha value is -2.57. The zero-order valence-corrected chi connectivity index (χ0v) is 14.0. The van der Waals surface area contributed by atoms with Crippen LogP contribution in [0, 0.1) is 5.92 Å². The predicted molar refractivity (Wildman–Crippen MR) is 89.8 cm³/mol. The summed E-state index contributed by atoms with van der Waals surface area (Å²) in [5.74, 6) is -0.709. The van der Waals surface area contributed by atoms with Crippen LogP contribution in [-0.4, -0.2) is 42.0 Å². The molecular formula is C17H24N4O3. The minimum Gasteiger partial charge on any atom is -0.344 e. The zero-order valence-electron chi connectivity index (χ0n) is 14.0. The maximum atomic E-state index is 12.4. The van der Waals surface area contributed by atoms with E-state index in [1.807, 2.05) is 44.2 Å². The van der Waals surface area contributed by atoms with Gasteiger partial charge >= 0.3 is 6.03 Å². The van der Waals surface area contributed by atoms with E-state index in [4.69, 9.17) is 0 Å². The van der Waals surface area contributed by atoms with Crippen molar-refractivity contribution in [3.8, 4) is 0 Å². The summed E-state index contributed by atoms with van der Waals surface area (Å²) < 4.78 is 0. The molecule has 7 nitrogen and oxygen atoms in total. The number of hydrogen-bond acceptors (Lipinski definition) is 3. The van der Waals surface area contributed by atoms with Gasteiger partial charge in [-0.25, -0.2) is 9.80 Å². The van der Waals surface area contributed by atoms with Crippen molar-refractivity contribution in [3.05, 3.63) is 35.9 Å². The van der Waals surface area contributed by atoms with Gasteiger partial charge in [-0.3, -0.25) is 15.0 Å². The summed E-state index contributed by atoms with van der Waals surface area (Å²) in [4.78, 5) is 36.3. The minimum atomic E-state index is -0.698. The monoisotopic (exact) mass is 332 g/mol. The topological polar surface area (TPSA) is 90.5 Å². The third-order valence-corrected chi connectivity index (χ3v) is 3.80. The number of nitrogens with one attached hydrogen (secondary N) is 3. The lowest BCUT2D eigenvalue weighted by Gasteiger charge is -2.30. The van der Waals surface area contributed by atoms with Gasteiger partial charge in [0.15, 0.2) is 0 Å². The Morgan fingerprint density at radius 3 is 2.58 bits per heavy atom. The minimum absolute atomic E-state index is 0.0995. The van der Waals surface area contributed by atoms with E-state index in [0.29, 0.717) is 13.1 Å². The van der Waals surface area contributed by atoms with Crippen LogP contribution in [0.2, 0.25) is 0 Å². The fraction of sp³-hybridized carbons (Fsp3) is 0.471. The first-order valence-corrected chi connectivity index (χ1v) is 8.16. The normalized spacial score (nSPS) is 15.6. The molecule has 130 valence electrons. The van der Waals surface area contributed by atoms with Crippen molar-refractivity contribution in [2.24, 2.45) is 5.92 Å². The van der Waals surface area contributed by atoms with Gasteiger partial charge in [0.2, 0.25) is 5.91 Å². The van der Waals surface area contributed by atoms with Gasteiger partial charge < -0.3 is 10.6 Å². The van der Waals surface area contributed by atoms with Gasteiger partial charge in [-0.2, -0.15) is 0 Å². The summed E-state index contributed by atoms with van der Waals surface area (Å²) in [7, 11) is 0. The van der Waals surface area contributed by atoms with E-state index in [1.165, 1.54) is 5.01 Å². The van der Waals surface area contributed by atoms with Crippen LogP contribution < -0.4 is 16.1 Å². The van der Waals surface area contributed by atoms with Crippen LogP contribution in [0.15, 0.2) is 30.3 Å². The Bertz CT molecular complexity index is 589. The van der Waals surface area contributed by atoms with Gasteiger partial charge in [0, 0.05) is 13.1 Å². The first kappa shape index (κ1) is 17.8. The Morgan fingerprint density at radius 1 is 1.25 bits per heavy atom.